The molecule has 0 aromatic heterocycles. The van der Waals surface area contributed by atoms with Crippen molar-refractivity contribution in [2.45, 2.75) is 44.2 Å². The van der Waals surface area contributed by atoms with Crippen LogP contribution in [0.3, 0.4) is 0 Å². The number of carbonyl (C=O) groups excluding carboxylic acids is 2. The van der Waals surface area contributed by atoms with E-state index in [1.165, 1.54) is 37.6 Å². The van der Waals surface area contributed by atoms with Crippen LogP contribution in [0.25, 0.3) is 0 Å². The predicted octanol–water partition coefficient (Wildman–Crippen LogP) is 1.29. The van der Waals surface area contributed by atoms with Crippen molar-refractivity contribution in [1.82, 2.24) is 15.1 Å². The lowest BCUT2D eigenvalue weighted by molar-refractivity contribution is -0.122. The number of piperidine rings is 1. The predicted molar refractivity (Wildman–Crippen MR) is 79.8 cm³/mol. The maximum Gasteiger partial charge on any atom is 0.281 e. The van der Waals surface area contributed by atoms with E-state index in [-0.39, 0.29) is 11.1 Å². The zero-order valence-corrected chi connectivity index (χ0v) is 12.7. The summed E-state index contributed by atoms with van der Waals surface area (Å²) in [5.41, 5.74) is 0. The second-order valence-electron chi connectivity index (χ2n) is 5.91. The Bertz CT molecular complexity index is 391. The highest BCUT2D eigenvalue weighted by Crippen LogP contribution is 2.27. The van der Waals surface area contributed by atoms with E-state index in [1.807, 2.05) is 0 Å². The summed E-state index contributed by atoms with van der Waals surface area (Å²) in [4.78, 5) is 27.8. The average Bonchev–Trinajstić information content (AvgIpc) is 3.04. The van der Waals surface area contributed by atoms with Gasteiger partial charge in [-0.1, -0.05) is 18.2 Å². The number of fused-ring (bicyclic) bond motifs is 1. The minimum absolute atomic E-state index is 0.104. The van der Waals surface area contributed by atoms with Crippen molar-refractivity contribution >= 4 is 22.9 Å². The molecule has 0 aromatic rings. The first-order chi connectivity index (χ1) is 9.74. The number of nitrogens with zero attached hydrogens (tertiary/aromatic N) is 2. The zero-order valence-electron chi connectivity index (χ0n) is 11.8. The van der Waals surface area contributed by atoms with Crippen LogP contribution in [0.2, 0.25) is 0 Å². The van der Waals surface area contributed by atoms with Gasteiger partial charge in [0.15, 0.2) is 0 Å². The van der Waals surface area contributed by atoms with Gasteiger partial charge < -0.3 is 10.2 Å². The van der Waals surface area contributed by atoms with E-state index in [1.54, 1.807) is 4.90 Å². The number of rotatable bonds is 4. The normalized spacial score (nSPS) is 30.6. The summed E-state index contributed by atoms with van der Waals surface area (Å²) >= 11 is 1.35. The van der Waals surface area contributed by atoms with E-state index < -0.39 is 0 Å². The topological polar surface area (TPSA) is 52.7 Å². The molecule has 0 radical (unpaired) electrons. The Labute approximate surface area is 124 Å². The molecule has 2 amide bonds. The summed E-state index contributed by atoms with van der Waals surface area (Å²) in [5, 5.41) is 3.31. The summed E-state index contributed by atoms with van der Waals surface area (Å²) in [6.45, 7) is 3.67. The van der Waals surface area contributed by atoms with Crippen LogP contribution in [0.4, 0.5) is 4.79 Å². The third-order valence-electron chi connectivity index (χ3n) is 4.66. The number of thioether (sulfide) groups is 1. The first-order valence-electron chi connectivity index (χ1n) is 7.69. The molecule has 3 rings (SSSR count). The summed E-state index contributed by atoms with van der Waals surface area (Å²) in [6.07, 6.45) is 5.32. The highest BCUT2D eigenvalue weighted by atomic mass is 32.2. The van der Waals surface area contributed by atoms with E-state index in [2.05, 4.69) is 10.2 Å². The van der Waals surface area contributed by atoms with Crippen LogP contribution in [0.15, 0.2) is 0 Å². The third kappa shape index (κ3) is 3.11. The van der Waals surface area contributed by atoms with E-state index in [0.29, 0.717) is 25.0 Å². The Kier molecular flexibility index (Phi) is 4.51. The third-order valence-corrected chi connectivity index (χ3v) is 5.55. The van der Waals surface area contributed by atoms with Crippen LogP contribution in [0, 0.1) is 0 Å². The monoisotopic (exact) mass is 297 g/mol. The molecule has 112 valence electrons. The van der Waals surface area contributed by atoms with Gasteiger partial charge in [-0.25, -0.2) is 0 Å². The van der Waals surface area contributed by atoms with Crippen molar-refractivity contribution in [2.24, 2.45) is 0 Å². The Morgan fingerprint density at radius 3 is 2.95 bits per heavy atom. The molecule has 0 unspecified atom stereocenters. The van der Waals surface area contributed by atoms with Crippen LogP contribution >= 0.6 is 11.8 Å². The lowest BCUT2D eigenvalue weighted by Gasteiger charge is -2.32. The number of hydrogen-bond acceptors (Lipinski definition) is 4. The van der Waals surface area contributed by atoms with Gasteiger partial charge in [0, 0.05) is 43.9 Å². The summed E-state index contributed by atoms with van der Waals surface area (Å²) in [5.74, 6) is 0.965. The molecule has 3 aliphatic rings. The number of hydrogen-bond donors (Lipinski definition) is 1. The standard InChI is InChI=1S/C14H23N3O2S/c18-13(5-8-17-9-10-20-14(17)19)15-11-4-7-16-6-2-1-3-12(11)16/h11-12H,1-10H2,(H,15,18)/t11-,12+/m1/s1. The van der Waals surface area contributed by atoms with Crippen molar-refractivity contribution in [1.29, 1.82) is 0 Å². The largest absolute Gasteiger partial charge is 0.352 e. The maximum atomic E-state index is 12.1. The van der Waals surface area contributed by atoms with Gasteiger partial charge >= 0.3 is 0 Å². The SMILES string of the molecule is O=C(CCN1CCSC1=O)N[C@@H]1CCN2CCCC[C@@H]12. The fourth-order valence-electron chi connectivity index (χ4n) is 3.56. The van der Waals surface area contributed by atoms with Crippen LogP contribution in [0.1, 0.15) is 32.1 Å². The van der Waals surface area contributed by atoms with Gasteiger partial charge in [0.05, 0.1) is 0 Å². The molecule has 3 aliphatic heterocycles. The molecule has 2 atom stereocenters. The van der Waals surface area contributed by atoms with Crippen molar-refractivity contribution < 1.29 is 9.59 Å². The lowest BCUT2D eigenvalue weighted by atomic mass is 9.99. The number of nitrogens with one attached hydrogen (secondary N) is 1. The molecule has 5 nitrogen and oxygen atoms in total. The molecular formula is C14H23N3O2S. The van der Waals surface area contributed by atoms with Gasteiger partial charge in [-0.3, -0.25) is 14.5 Å². The van der Waals surface area contributed by atoms with Crippen molar-refractivity contribution in [3.8, 4) is 0 Å². The average molecular weight is 297 g/mol. The van der Waals surface area contributed by atoms with Gasteiger partial charge in [-0.05, 0) is 25.8 Å². The molecule has 3 fully saturated rings. The fourth-order valence-corrected chi connectivity index (χ4v) is 4.41. The number of carbonyl (C=O) groups is 2. The fraction of sp³-hybridized carbons (Fsp3) is 0.857. The lowest BCUT2D eigenvalue weighted by Crippen LogP contribution is -2.47. The molecule has 3 saturated heterocycles. The highest BCUT2D eigenvalue weighted by Gasteiger charge is 2.36. The Balaban J connectivity index is 1.43. The van der Waals surface area contributed by atoms with Crippen LogP contribution in [0.5, 0.6) is 0 Å². The molecule has 0 bridgehead atoms. The second kappa shape index (κ2) is 6.35. The molecule has 6 heteroatoms. The second-order valence-corrected chi connectivity index (χ2v) is 6.96. The molecule has 0 aromatic carbocycles. The van der Waals surface area contributed by atoms with E-state index in [4.69, 9.17) is 0 Å². The van der Waals surface area contributed by atoms with Crippen molar-refractivity contribution in [3.05, 3.63) is 0 Å². The summed E-state index contributed by atoms with van der Waals surface area (Å²) in [6, 6.07) is 0.878. The van der Waals surface area contributed by atoms with Crippen molar-refractivity contribution in [3.63, 3.8) is 0 Å². The minimum atomic E-state index is 0.104. The Hall–Kier alpha value is -0.750. The van der Waals surface area contributed by atoms with Crippen LogP contribution < -0.4 is 5.32 Å². The molecule has 0 aliphatic carbocycles. The quantitative estimate of drug-likeness (QED) is 0.849. The molecule has 20 heavy (non-hydrogen) atoms. The van der Waals surface area contributed by atoms with Crippen molar-refractivity contribution in [2.75, 3.05) is 31.9 Å². The van der Waals surface area contributed by atoms with Gasteiger partial charge in [0.25, 0.3) is 5.24 Å². The first kappa shape index (κ1) is 14.2. The van der Waals surface area contributed by atoms with E-state index in [9.17, 15) is 9.59 Å². The summed E-state index contributed by atoms with van der Waals surface area (Å²) < 4.78 is 0. The van der Waals surface area contributed by atoms with E-state index >= 15 is 0 Å². The molecule has 0 saturated carbocycles. The van der Waals surface area contributed by atoms with E-state index in [0.717, 1.165) is 25.3 Å². The van der Waals surface area contributed by atoms with Gasteiger partial charge in [0.2, 0.25) is 5.91 Å². The number of amides is 2. The summed E-state index contributed by atoms with van der Waals surface area (Å²) in [7, 11) is 0. The van der Waals surface area contributed by atoms with Gasteiger partial charge in [0.1, 0.15) is 0 Å². The minimum Gasteiger partial charge on any atom is -0.352 e. The smallest absolute Gasteiger partial charge is 0.281 e. The molecular weight excluding hydrogens is 274 g/mol. The first-order valence-corrected chi connectivity index (χ1v) is 8.68. The molecule has 0 spiro atoms. The highest BCUT2D eigenvalue weighted by molar-refractivity contribution is 8.13. The Morgan fingerprint density at radius 2 is 2.15 bits per heavy atom. The van der Waals surface area contributed by atoms with Crippen LogP contribution in [-0.2, 0) is 4.79 Å². The maximum absolute atomic E-state index is 12.1. The van der Waals surface area contributed by atoms with Crippen LogP contribution in [-0.4, -0.2) is 65.0 Å². The van der Waals surface area contributed by atoms with Gasteiger partial charge in [-0.15, -0.1) is 0 Å². The molecule has 3 heterocycles. The molecule has 1 N–H and O–H groups in total. The Morgan fingerprint density at radius 1 is 1.25 bits per heavy atom. The van der Waals surface area contributed by atoms with Gasteiger partial charge in [-0.2, -0.15) is 0 Å². The zero-order chi connectivity index (χ0) is 13.9.